The molecule has 0 saturated carbocycles. The number of allylic oxidation sites excluding steroid dienone is 1. The lowest BCUT2D eigenvalue weighted by Gasteiger charge is -2.44. The summed E-state index contributed by atoms with van der Waals surface area (Å²) in [5.41, 5.74) is 2.76. The summed E-state index contributed by atoms with van der Waals surface area (Å²) in [5, 5.41) is 5.78. The van der Waals surface area contributed by atoms with Crippen LogP contribution in [0.5, 0.6) is 11.5 Å². The largest absolute Gasteiger partial charge is 0.497 e. The molecule has 0 bridgehead atoms. The van der Waals surface area contributed by atoms with Crippen molar-refractivity contribution in [2.24, 2.45) is 0 Å². The van der Waals surface area contributed by atoms with E-state index < -0.39 is 5.54 Å². The Morgan fingerprint density at radius 1 is 1.23 bits per heavy atom. The van der Waals surface area contributed by atoms with Gasteiger partial charge in [0.1, 0.15) is 11.5 Å². The second-order valence-corrected chi connectivity index (χ2v) is 10.2. The summed E-state index contributed by atoms with van der Waals surface area (Å²) >= 11 is 1.51. The third-order valence-electron chi connectivity index (χ3n) is 7.54. The number of carbonyl (C=O) groups excluding carboxylic acids is 2. The lowest BCUT2D eigenvalue weighted by molar-refractivity contribution is 0.106. The summed E-state index contributed by atoms with van der Waals surface area (Å²) in [6, 6.07) is 7.68. The maximum absolute atomic E-state index is 13.7. The highest BCUT2D eigenvalue weighted by molar-refractivity contribution is 7.14. The van der Waals surface area contributed by atoms with E-state index in [2.05, 4.69) is 18.3 Å². The Bertz CT molecular complexity index is 1150. The number of ether oxygens (including phenoxy) is 2. The van der Waals surface area contributed by atoms with Gasteiger partial charge in [-0.1, -0.05) is 13.0 Å². The van der Waals surface area contributed by atoms with Crippen molar-refractivity contribution >= 4 is 28.4 Å². The molecule has 0 radical (unpaired) electrons. The summed E-state index contributed by atoms with van der Waals surface area (Å²) in [6.07, 6.45) is 3.64. The number of amides is 4. The summed E-state index contributed by atoms with van der Waals surface area (Å²) in [5.74, 6) is 1.56. The Labute approximate surface area is 210 Å². The van der Waals surface area contributed by atoms with Crippen LogP contribution in [0.25, 0.3) is 0 Å². The molecule has 3 aliphatic heterocycles. The van der Waals surface area contributed by atoms with Gasteiger partial charge in [0, 0.05) is 42.9 Å². The number of rotatable bonds is 4. The predicted molar refractivity (Wildman–Crippen MR) is 136 cm³/mol. The highest BCUT2D eigenvalue weighted by atomic mass is 32.1. The second-order valence-electron chi connectivity index (χ2n) is 9.28. The Balaban J connectivity index is 1.46. The van der Waals surface area contributed by atoms with E-state index in [0.717, 1.165) is 33.3 Å². The number of benzene rings is 1. The minimum Gasteiger partial charge on any atom is -0.497 e. The molecule has 1 spiro atoms. The number of nitrogens with zero attached hydrogens (tertiary/aromatic N) is 3. The van der Waals surface area contributed by atoms with E-state index in [1.165, 1.54) is 11.3 Å². The zero-order valence-electron chi connectivity index (χ0n) is 20.7. The third-order valence-corrected chi connectivity index (χ3v) is 8.33. The minimum absolute atomic E-state index is 0.0251. The first-order valence-corrected chi connectivity index (χ1v) is 13.0. The SMILES string of the molecule is CCN1C(=O)N2Cc3cc(OC)cc(OC)c3[C@@H](C)C=C2C12CCN(C(=O)Nc1cccs1)CC2. The van der Waals surface area contributed by atoms with Gasteiger partial charge >= 0.3 is 12.1 Å². The Morgan fingerprint density at radius 3 is 2.63 bits per heavy atom. The number of thiophene rings is 1. The van der Waals surface area contributed by atoms with Crippen LogP contribution in [0, 0.1) is 0 Å². The van der Waals surface area contributed by atoms with Crippen LogP contribution >= 0.6 is 11.3 Å². The summed E-state index contributed by atoms with van der Waals surface area (Å²) in [7, 11) is 3.31. The van der Waals surface area contributed by atoms with Crippen LogP contribution in [0.1, 0.15) is 43.7 Å². The first kappa shape index (κ1) is 23.5. The van der Waals surface area contributed by atoms with Gasteiger partial charge in [-0.25, -0.2) is 9.59 Å². The normalized spacial score (nSPS) is 20.8. The Morgan fingerprint density at radius 2 is 2.00 bits per heavy atom. The molecule has 2 saturated heterocycles. The van der Waals surface area contributed by atoms with Crippen molar-refractivity contribution in [3.63, 3.8) is 0 Å². The van der Waals surface area contributed by atoms with Crippen LogP contribution in [0.2, 0.25) is 0 Å². The second kappa shape index (κ2) is 9.11. The standard InChI is InChI=1S/C26H32N4O4S/c1-5-30-25(32)29-16-18-14-19(33-3)15-20(34-4)23(18)17(2)13-21(29)26(30)8-10-28(11-9-26)24(31)27-22-7-6-12-35-22/h6-7,12-15,17H,5,8-11,16H2,1-4H3,(H,27,31)/t17-/m0/s1. The van der Waals surface area contributed by atoms with E-state index in [9.17, 15) is 9.59 Å². The number of likely N-dealkylation sites (N-methyl/N-ethyl adjacent to an activating group) is 1. The molecule has 1 atom stereocenters. The quantitative estimate of drug-likeness (QED) is 0.640. The molecule has 4 amide bonds. The highest BCUT2D eigenvalue weighted by Crippen LogP contribution is 2.49. The van der Waals surface area contributed by atoms with Crippen molar-refractivity contribution in [3.8, 4) is 11.5 Å². The Hall–Kier alpha value is -3.20. The van der Waals surface area contributed by atoms with Crippen LogP contribution in [0.4, 0.5) is 14.6 Å². The van der Waals surface area contributed by atoms with Crippen molar-refractivity contribution in [2.45, 2.75) is 44.7 Å². The molecule has 1 aromatic heterocycles. The monoisotopic (exact) mass is 496 g/mol. The molecule has 3 aliphatic rings. The van der Waals surface area contributed by atoms with E-state index >= 15 is 0 Å². The van der Waals surface area contributed by atoms with Gasteiger partial charge in [0.05, 0.1) is 31.3 Å². The number of hydrogen-bond donors (Lipinski definition) is 1. The molecule has 35 heavy (non-hydrogen) atoms. The lowest BCUT2D eigenvalue weighted by atomic mass is 9.82. The predicted octanol–water partition coefficient (Wildman–Crippen LogP) is 5.09. The van der Waals surface area contributed by atoms with Crippen molar-refractivity contribution in [1.29, 1.82) is 0 Å². The molecular formula is C26H32N4O4S. The van der Waals surface area contributed by atoms with E-state index in [1.54, 1.807) is 14.2 Å². The van der Waals surface area contributed by atoms with Crippen LogP contribution in [-0.4, -0.2) is 66.2 Å². The molecule has 0 aliphatic carbocycles. The van der Waals surface area contributed by atoms with Crippen LogP contribution in [-0.2, 0) is 6.54 Å². The van der Waals surface area contributed by atoms with Gasteiger partial charge in [0.2, 0.25) is 0 Å². The fourth-order valence-corrected chi connectivity index (χ4v) is 6.49. The molecule has 2 fully saturated rings. The molecule has 9 heteroatoms. The lowest BCUT2D eigenvalue weighted by Crippen LogP contribution is -2.55. The van der Waals surface area contributed by atoms with Gasteiger partial charge in [-0.2, -0.15) is 0 Å². The molecule has 5 rings (SSSR count). The van der Waals surface area contributed by atoms with Crippen molar-refractivity contribution in [1.82, 2.24) is 14.7 Å². The highest BCUT2D eigenvalue weighted by Gasteiger charge is 2.55. The fourth-order valence-electron chi connectivity index (χ4n) is 5.88. The summed E-state index contributed by atoms with van der Waals surface area (Å²) in [6.45, 7) is 6.46. The first-order chi connectivity index (χ1) is 16.9. The van der Waals surface area contributed by atoms with Crippen LogP contribution in [0.3, 0.4) is 0 Å². The smallest absolute Gasteiger partial charge is 0.325 e. The molecule has 2 aromatic rings. The number of carbonyl (C=O) groups is 2. The summed E-state index contributed by atoms with van der Waals surface area (Å²) in [4.78, 5) is 32.3. The molecule has 0 unspecified atom stereocenters. The maximum atomic E-state index is 13.7. The first-order valence-electron chi connectivity index (χ1n) is 12.1. The molecule has 186 valence electrons. The van der Waals surface area contributed by atoms with E-state index in [0.29, 0.717) is 39.0 Å². The van der Waals surface area contributed by atoms with E-state index in [1.807, 2.05) is 51.3 Å². The zero-order valence-corrected chi connectivity index (χ0v) is 21.5. The van der Waals surface area contributed by atoms with Crippen molar-refractivity contribution in [2.75, 3.05) is 39.2 Å². The fraction of sp³-hybridized carbons (Fsp3) is 0.462. The number of nitrogens with one attached hydrogen (secondary N) is 1. The van der Waals surface area contributed by atoms with Gasteiger partial charge in [-0.05, 0) is 48.9 Å². The van der Waals surface area contributed by atoms with Gasteiger partial charge in [-0.15, -0.1) is 11.3 Å². The number of methoxy groups -OCH3 is 2. The van der Waals surface area contributed by atoms with Gasteiger partial charge < -0.3 is 19.3 Å². The van der Waals surface area contributed by atoms with Gasteiger partial charge in [0.15, 0.2) is 0 Å². The number of hydrogen-bond acceptors (Lipinski definition) is 5. The van der Waals surface area contributed by atoms with E-state index in [-0.39, 0.29) is 18.0 Å². The summed E-state index contributed by atoms with van der Waals surface area (Å²) < 4.78 is 11.2. The minimum atomic E-state index is -0.417. The maximum Gasteiger partial charge on any atom is 0.325 e. The van der Waals surface area contributed by atoms with Crippen LogP contribution < -0.4 is 14.8 Å². The van der Waals surface area contributed by atoms with Crippen LogP contribution in [0.15, 0.2) is 41.4 Å². The van der Waals surface area contributed by atoms with Gasteiger partial charge in [-0.3, -0.25) is 10.2 Å². The third kappa shape index (κ3) is 3.82. The Kier molecular flexibility index (Phi) is 6.13. The number of piperidine rings is 1. The molecule has 1 N–H and O–H groups in total. The molecular weight excluding hydrogens is 464 g/mol. The number of fused-ring (bicyclic) bond motifs is 3. The number of likely N-dealkylation sites (tertiary alicyclic amines) is 1. The average Bonchev–Trinajstić information content (AvgIpc) is 3.40. The number of anilines is 1. The number of urea groups is 2. The molecule has 4 heterocycles. The molecule has 1 aromatic carbocycles. The zero-order chi connectivity index (χ0) is 24.7. The van der Waals surface area contributed by atoms with Crippen molar-refractivity contribution < 1.29 is 19.1 Å². The topological polar surface area (TPSA) is 74.4 Å². The van der Waals surface area contributed by atoms with Crippen molar-refractivity contribution in [3.05, 3.63) is 52.5 Å². The molecule has 8 nitrogen and oxygen atoms in total. The van der Waals surface area contributed by atoms with E-state index in [4.69, 9.17) is 9.47 Å². The van der Waals surface area contributed by atoms with Gasteiger partial charge in [0.25, 0.3) is 0 Å². The average molecular weight is 497 g/mol.